The van der Waals surface area contributed by atoms with Crippen LogP contribution in [0.5, 0.6) is 0 Å². The number of aryl methyl sites for hydroxylation is 2. The van der Waals surface area contributed by atoms with Gasteiger partial charge in [0.15, 0.2) is 0 Å². The molecule has 27 heavy (non-hydrogen) atoms. The van der Waals surface area contributed by atoms with Crippen molar-refractivity contribution in [2.24, 2.45) is 0 Å². The lowest BCUT2D eigenvalue weighted by atomic mass is 10.0. The Morgan fingerprint density at radius 3 is 2.59 bits per heavy atom. The number of aromatic carboxylic acids is 1. The van der Waals surface area contributed by atoms with E-state index in [-0.39, 0.29) is 17.4 Å². The van der Waals surface area contributed by atoms with Gasteiger partial charge in [-0.3, -0.25) is 14.6 Å². The van der Waals surface area contributed by atoms with Crippen LogP contribution in [0, 0.1) is 13.8 Å². The molecule has 0 aliphatic carbocycles. The van der Waals surface area contributed by atoms with Crippen LogP contribution in [0.1, 0.15) is 38.4 Å². The normalized spacial score (nSPS) is 16.5. The molecule has 140 valence electrons. The Balaban J connectivity index is 1.87. The second kappa shape index (κ2) is 7.19. The molecule has 0 radical (unpaired) electrons. The number of likely N-dealkylation sites (tertiary alicyclic amines) is 1. The predicted octanol–water partition coefficient (Wildman–Crippen LogP) is 2.02. The summed E-state index contributed by atoms with van der Waals surface area (Å²) in [6.45, 7) is 4.00. The van der Waals surface area contributed by atoms with E-state index in [1.165, 1.54) is 0 Å². The summed E-state index contributed by atoms with van der Waals surface area (Å²) in [6.07, 6.45) is 0.595. The molecule has 2 heterocycles. The van der Waals surface area contributed by atoms with Crippen molar-refractivity contribution in [2.45, 2.75) is 26.3 Å². The number of aromatic nitrogens is 1. The van der Waals surface area contributed by atoms with Crippen molar-refractivity contribution >= 4 is 17.8 Å². The first-order valence-corrected chi connectivity index (χ1v) is 8.65. The maximum absolute atomic E-state index is 12.5. The molecule has 3 rings (SSSR count). The van der Waals surface area contributed by atoms with Crippen molar-refractivity contribution in [3.05, 3.63) is 52.7 Å². The summed E-state index contributed by atoms with van der Waals surface area (Å²) in [7, 11) is 1.71. The predicted molar refractivity (Wildman–Crippen MR) is 99.6 cm³/mol. The van der Waals surface area contributed by atoms with Crippen LogP contribution >= 0.6 is 0 Å². The Bertz CT molecular complexity index is 916. The van der Waals surface area contributed by atoms with Crippen LogP contribution in [0.4, 0.5) is 0 Å². The van der Waals surface area contributed by atoms with E-state index in [4.69, 9.17) is 0 Å². The Labute approximate surface area is 157 Å². The summed E-state index contributed by atoms with van der Waals surface area (Å²) < 4.78 is 0. The van der Waals surface area contributed by atoms with Crippen molar-refractivity contribution in [3.8, 4) is 11.3 Å². The van der Waals surface area contributed by atoms with Gasteiger partial charge in [0.1, 0.15) is 6.04 Å². The molecule has 2 amide bonds. The summed E-state index contributed by atoms with van der Waals surface area (Å²) in [5.41, 5.74) is 2.96. The van der Waals surface area contributed by atoms with E-state index in [0.717, 1.165) is 0 Å². The maximum Gasteiger partial charge on any atom is 0.337 e. The van der Waals surface area contributed by atoms with Crippen LogP contribution in [0.2, 0.25) is 0 Å². The van der Waals surface area contributed by atoms with Gasteiger partial charge in [0.2, 0.25) is 5.91 Å². The number of carbonyl (C=O) groups excluding carboxylic acids is 2. The van der Waals surface area contributed by atoms with E-state index >= 15 is 0 Å². The Morgan fingerprint density at radius 1 is 1.26 bits per heavy atom. The molecule has 0 saturated carbocycles. The number of likely N-dealkylation sites (N-methyl/N-ethyl adjacent to an activating group) is 1. The highest BCUT2D eigenvalue weighted by Crippen LogP contribution is 2.23. The molecular weight excluding hydrogens is 346 g/mol. The van der Waals surface area contributed by atoms with Gasteiger partial charge in [-0.25, -0.2) is 4.79 Å². The van der Waals surface area contributed by atoms with Crippen molar-refractivity contribution in [1.29, 1.82) is 0 Å². The number of nitrogens with zero attached hydrogens (tertiary/aromatic N) is 2. The quantitative estimate of drug-likeness (QED) is 0.861. The molecule has 7 nitrogen and oxygen atoms in total. The standard InChI is InChI=1S/C20H21N3O4/c1-11-9-16(21-12(2)17(11)20(26)27)13-5-4-6-14(10-13)18(24)22-15-7-8-23(3)19(15)25/h4-6,9-10,15H,7-8H2,1-3H3,(H,22,24)(H,26,27)/t15-/m1/s1. The van der Waals surface area contributed by atoms with E-state index < -0.39 is 12.0 Å². The Morgan fingerprint density at radius 2 is 2.00 bits per heavy atom. The molecule has 1 fully saturated rings. The van der Waals surface area contributed by atoms with Gasteiger partial charge >= 0.3 is 5.97 Å². The summed E-state index contributed by atoms with van der Waals surface area (Å²) in [6, 6.07) is 8.12. The van der Waals surface area contributed by atoms with E-state index in [1.54, 1.807) is 50.1 Å². The minimum absolute atomic E-state index is 0.0864. The molecule has 2 N–H and O–H groups in total. The maximum atomic E-state index is 12.5. The smallest absolute Gasteiger partial charge is 0.337 e. The fourth-order valence-electron chi connectivity index (χ4n) is 3.32. The van der Waals surface area contributed by atoms with E-state index in [9.17, 15) is 19.5 Å². The molecule has 0 bridgehead atoms. The van der Waals surface area contributed by atoms with Gasteiger partial charge in [-0.1, -0.05) is 12.1 Å². The lowest BCUT2D eigenvalue weighted by Crippen LogP contribution is -2.40. The SMILES string of the molecule is Cc1cc(-c2cccc(C(=O)N[C@@H]3CCN(C)C3=O)c2)nc(C)c1C(=O)O. The van der Waals surface area contributed by atoms with Crippen LogP contribution in [-0.2, 0) is 4.79 Å². The highest BCUT2D eigenvalue weighted by molar-refractivity contribution is 5.99. The molecule has 0 unspecified atom stereocenters. The number of benzene rings is 1. The van der Waals surface area contributed by atoms with E-state index in [0.29, 0.717) is 41.0 Å². The molecule has 1 saturated heterocycles. The largest absolute Gasteiger partial charge is 0.478 e. The van der Waals surface area contributed by atoms with E-state index in [1.807, 2.05) is 6.07 Å². The zero-order chi connectivity index (χ0) is 19.7. The molecule has 1 atom stereocenters. The molecule has 1 aromatic heterocycles. The molecular formula is C20H21N3O4. The second-order valence-corrected chi connectivity index (χ2v) is 6.75. The lowest BCUT2D eigenvalue weighted by molar-refractivity contribution is -0.128. The number of hydrogen-bond acceptors (Lipinski definition) is 4. The van der Waals surface area contributed by atoms with E-state index in [2.05, 4.69) is 10.3 Å². The second-order valence-electron chi connectivity index (χ2n) is 6.75. The number of rotatable bonds is 4. The topological polar surface area (TPSA) is 99.6 Å². The minimum atomic E-state index is -1.01. The first-order chi connectivity index (χ1) is 12.8. The van der Waals surface area contributed by atoms with Gasteiger partial charge < -0.3 is 15.3 Å². The van der Waals surface area contributed by atoms with Gasteiger partial charge in [0.25, 0.3) is 5.91 Å². The third-order valence-corrected chi connectivity index (χ3v) is 4.76. The average molecular weight is 367 g/mol. The molecule has 2 aromatic rings. The number of carboxylic acids is 1. The first-order valence-electron chi connectivity index (χ1n) is 8.65. The van der Waals surface area contributed by atoms with Crippen molar-refractivity contribution in [2.75, 3.05) is 13.6 Å². The number of carboxylic acid groups (broad SMARTS) is 1. The van der Waals surface area contributed by atoms with Gasteiger partial charge in [-0.2, -0.15) is 0 Å². The molecule has 1 aliphatic rings. The van der Waals surface area contributed by atoms with Crippen molar-refractivity contribution in [1.82, 2.24) is 15.2 Å². The fraction of sp³-hybridized carbons (Fsp3) is 0.300. The molecule has 0 spiro atoms. The van der Waals surface area contributed by atoms with Crippen LogP contribution in [0.25, 0.3) is 11.3 Å². The zero-order valence-electron chi connectivity index (χ0n) is 15.4. The number of carbonyl (C=O) groups is 3. The Hall–Kier alpha value is -3.22. The monoisotopic (exact) mass is 367 g/mol. The van der Waals surface area contributed by atoms with Gasteiger partial charge in [-0.15, -0.1) is 0 Å². The Kier molecular flexibility index (Phi) is 4.94. The molecule has 1 aliphatic heterocycles. The number of amides is 2. The van der Waals surface area contributed by atoms with Gasteiger partial charge in [0, 0.05) is 24.7 Å². The highest BCUT2D eigenvalue weighted by atomic mass is 16.4. The minimum Gasteiger partial charge on any atom is -0.478 e. The zero-order valence-corrected chi connectivity index (χ0v) is 15.4. The van der Waals surface area contributed by atoms with Crippen LogP contribution in [0.15, 0.2) is 30.3 Å². The third kappa shape index (κ3) is 3.67. The third-order valence-electron chi connectivity index (χ3n) is 4.76. The summed E-state index contributed by atoms with van der Waals surface area (Å²) in [4.78, 5) is 41.8. The highest BCUT2D eigenvalue weighted by Gasteiger charge is 2.30. The average Bonchev–Trinajstić information content (AvgIpc) is 2.93. The molecule has 1 aromatic carbocycles. The number of hydrogen-bond donors (Lipinski definition) is 2. The summed E-state index contributed by atoms with van der Waals surface area (Å²) >= 11 is 0. The summed E-state index contributed by atoms with van der Waals surface area (Å²) in [5, 5.41) is 12.0. The van der Waals surface area contributed by atoms with Gasteiger partial charge in [0.05, 0.1) is 17.0 Å². The first kappa shape index (κ1) is 18.6. The molecule has 7 heteroatoms. The fourth-order valence-corrected chi connectivity index (χ4v) is 3.32. The van der Waals surface area contributed by atoms with Crippen LogP contribution < -0.4 is 5.32 Å². The van der Waals surface area contributed by atoms with Crippen LogP contribution in [-0.4, -0.2) is 52.4 Å². The van der Waals surface area contributed by atoms with Gasteiger partial charge in [-0.05, 0) is 44.0 Å². The van der Waals surface area contributed by atoms with Crippen molar-refractivity contribution < 1.29 is 19.5 Å². The lowest BCUT2D eigenvalue weighted by Gasteiger charge is -2.13. The number of nitrogens with one attached hydrogen (secondary N) is 1. The number of pyridine rings is 1. The van der Waals surface area contributed by atoms with Crippen LogP contribution in [0.3, 0.4) is 0 Å². The summed E-state index contributed by atoms with van der Waals surface area (Å²) in [5.74, 6) is -1.42. The van der Waals surface area contributed by atoms with Crippen molar-refractivity contribution in [3.63, 3.8) is 0 Å².